The Morgan fingerprint density at radius 3 is 3.05 bits per heavy atom. The van der Waals surface area contributed by atoms with Gasteiger partial charge in [-0.25, -0.2) is 4.98 Å². The Kier molecular flexibility index (Phi) is 4.08. The number of benzene rings is 1. The predicted molar refractivity (Wildman–Crippen MR) is 91.6 cm³/mol. The molecule has 1 atom stereocenters. The molecule has 1 aliphatic rings. The van der Waals surface area contributed by atoms with Gasteiger partial charge in [-0.15, -0.1) is 0 Å². The van der Waals surface area contributed by atoms with E-state index in [4.69, 9.17) is 18.0 Å². The van der Waals surface area contributed by atoms with Crippen LogP contribution in [0.5, 0.6) is 0 Å². The number of thioether (sulfide) groups is 1. The Labute approximate surface area is 128 Å². The number of hydrogen-bond donors (Lipinski definition) is 2. The Morgan fingerprint density at radius 1 is 1.45 bits per heavy atom. The van der Waals surface area contributed by atoms with Crippen molar-refractivity contribution >= 4 is 45.7 Å². The summed E-state index contributed by atoms with van der Waals surface area (Å²) in [7, 11) is 0. The van der Waals surface area contributed by atoms with Crippen LogP contribution in [0.15, 0.2) is 30.3 Å². The second-order valence-corrected chi connectivity index (χ2v) is 6.64. The van der Waals surface area contributed by atoms with E-state index in [9.17, 15) is 0 Å². The first-order valence-corrected chi connectivity index (χ1v) is 8.31. The largest absolute Gasteiger partial charge is 0.389 e. The minimum Gasteiger partial charge on any atom is -0.389 e. The molecule has 1 fully saturated rings. The van der Waals surface area contributed by atoms with Crippen LogP contribution in [-0.2, 0) is 0 Å². The van der Waals surface area contributed by atoms with Crippen LogP contribution >= 0.6 is 24.0 Å². The first-order chi connectivity index (χ1) is 9.74. The van der Waals surface area contributed by atoms with Gasteiger partial charge in [0.05, 0.1) is 5.52 Å². The lowest BCUT2D eigenvalue weighted by atomic mass is 10.1. The molecule has 3 N–H and O–H groups in total. The molecule has 0 aliphatic carbocycles. The number of nitrogens with two attached hydrogens (primary N) is 1. The summed E-state index contributed by atoms with van der Waals surface area (Å²) < 4.78 is 0. The molecule has 0 spiro atoms. The number of thiocarbonyl (C=S) groups is 1. The second-order valence-electron chi connectivity index (χ2n) is 5.05. The van der Waals surface area contributed by atoms with Gasteiger partial charge in [0.25, 0.3) is 0 Å². The first kappa shape index (κ1) is 13.6. The fourth-order valence-corrected chi connectivity index (χ4v) is 3.92. The van der Waals surface area contributed by atoms with Crippen LogP contribution in [0.3, 0.4) is 0 Å². The van der Waals surface area contributed by atoms with Crippen molar-refractivity contribution in [3.05, 3.63) is 35.9 Å². The Bertz CT molecular complexity index is 636. The molecule has 0 bridgehead atoms. The summed E-state index contributed by atoms with van der Waals surface area (Å²) >= 11 is 7.19. The van der Waals surface area contributed by atoms with Crippen molar-refractivity contribution < 1.29 is 0 Å². The van der Waals surface area contributed by atoms with E-state index in [2.05, 4.69) is 10.3 Å². The fourth-order valence-electron chi connectivity index (χ4n) is 2.46. The summed E-state index contributed by atoms with van der Waals surface area (Å²) in [6.45, 7) is 0.967. The highest BCUT2D eigenvalue weighted by molar-refractivity contribution is 7.99. The molecule has 0 amide bonds. The summed E-state index contributed by atoms with van der Waals surface area (Å²) in [5.74, 6) is 4.11. The number of anilines is 1. The van der Waals surface area contributed by atoms with Gasteiger partial charge in [-0.3, -0.25) is 0 Å². The van der Waals surface area contributed by atoms with Gasteiger partial charge in [0, 0.05) is 17.5 Å². The molecular formula is C15H17N3S2. The lowest BCUT2D eigenvalue weighted by molar-refractivity contribution is 0.631. The fraction of sp³-hybridized carbons (Fsp3) is 0.333. The van der Waals surface area contributed by atoms with Crippen LogP contribution in [-0.4, -0.2) is 28.0 Å². The van der Waals surface area contributed by atoms with Crippen LogP contribution in [0.2, 0.25) is 0 Å². The third-order valence-corrected chi connectivity index (χ3v) is 5.03. The molecule has 104 valence electrons. The maximum Gasteiger partial charge on any atom is 0.127 e. The normalized spacial score (nSPS) is 18.3. The quantitative estimate of drug-likeness (QED) is 0.850. The molecule has 3 nitrogen and oxygen atoms in total. The average molecular weight is 303 g/mol. The highest BCUT2D eigenvalue weighted by Gasteiger charge is 2.15. The van der Waals surface area contributed by atoms with Gasteiger partial charge >= 0.3 is 0 Å². The summed E-state index contributed by atoms with van der Waals surface area (Å²) in [6, 6.07) is 9.93. The first-order valence-electron chi connectivity index (χ1n) is 6.75. The zero-order chi connectivity index (χ0) is 13.9. The molecule has 1 aromatic heterocycles. The number of pyridine rings is 1. The van der Waals surface area contributed by atoms with E-state index in [1.54, 1.807) is 0 Å². The van der Waals surface area contributed by atoms with Crippen molar-refractivity contribution in [1.29, 1.82) is 0 Å². The number of nitrogens with one attached hydrogen (secondary N) is 1. The number of rotatable bonds is 4. The molecule has 0 radical (unpaired) electrons. The number of aromatic nitrogens is 1. The summed E-state index contributed by atoms with van der Waals surface area (Å²) in [6.07, 6.45) is 1.29. The van der Waals surface area contributed by atoms with E-state index < -0.39 is 0 Å². The van der Waals surface area contributed by atoms with Crippen LogP contribution in [0.25, 0.3) is 10.9 Å². The summed E-state index contributed by atoms with van der Waals surface area (Å²) in [4.78, 5) is 5.07. The van der Waals surface area contributed by atoms with Gasteiger partial charge in [0.15, 0.2) is 0 Å². The lowest BCUT2D eigenvalue weighted by Gasteiger charge is -2.13. The molecule has 1 unspecified atom stereocenters. The van der Waals surface area contributed by atoms with Crippen molar-refractivity contribution in [3.63, 3.8) is 0 Å². The minimum atomic E-state index is 0.420. The van der Waals surface area contributed by atoms with E-state index in [-0.39, 0.29) is 0 Å². The molecule has 2 heterocycles. The van der Waals surface area contributed by atoms with Gasteiger partial charge in [0.2, 0.25) is 0 Å². The Morgan fingerprint density at radius 2 is 2.30 bits per heavy atom. The average Bonchev–Trinajstić information content (AvgIpc) is 2.97. The molecule has 1 aromatic carbocycles. The Hall–Kier alpha value is -1.33. The summed E-state index contributed by atoms with van der Waals surface area (Å²) in [5.41, 5.74) is 7.67. The third kappa shape index (κ3) is 2.88. The zero-order valence-corrected chi connectivity index (χ0v) is 12.8. The van der Waals surface area contributed by atoms with Crippen LogP contribution in [0, 0.1) is 5.92 Å². The number of fused-ring (bicyclic) bond motifs is 1. The molecule has 3 rings (SSSR count). The lowest BCUT2D eigenvalue weighted by Crippen LogP contribution is -2.16. The van der Waals surface area contributed by atoms with Gasteiger partial charge in [0.1, 0.15) is 10.8 Å². The topological polar surface area (TPSA) is 50.9 Å². The highest BCUT2D eigenvalue weighted by Crippen LogP contribution is 2.25. The maximum absolute atomic E-state index is 5.84. The molecule has 5 heteroatoms. The van der Waals surface area contributed by atoms with E-state index >= 15 is 0 Å². The smallest absolute Gasteiger partial charge is 0.127 e. The predicted octanol–water partition coefficient (Wildman–Crippen LogP) is 3.03. The second kappa shape index (κ2) is 5.97. The van der Waals surface area contributed by atoms with E-state index in [1.807, 2.05) is 42.1 Å². The monoisotopic (exact) mass is 303 g/mol. The van der Waals surface area contributed by atoms with Crippen molar-refractivity contribution in [2.45, 2.75) is 6.42 Å². The highest BCUT2D eigenvalue weighted by atomic mass is 32.2. The molecule has 0 saturated carbocycles. The number of hydrogen-bond acceptors (Lipinski definition) is 4. The molecule has 1 aliphatic heterocycles. The van der Waals surface area contributed by atoms with Crippen molar-refractivity contribution in [1.82, 2.24) is 4.98 Å². The van der Waals surface area contributed by atoms with Gasteiger partial charge in [-0.05, 0) is 36.0 Å². The third-order valence-electron chi connectivity index (χ3n) is 3.58. The number of nitrogens with zero attached hydrogens (tertiary/aromatic N) is 1. The van der Waals surface area contributed by atoms with Crippen LogP contribution in [0.1, 0.15) is 12.0 Å². The Balaban J connectivity index is 1.88. The van der Waals surface area contributed by atoms with E-state index in [1.165, 1.54) is 17.9 Å². The minimum absolute atomic E-state index is 0.420. The standard InChI is InChI=1S/C15H17N3S2/c16-15(19)12-7-14(17-8-10-5-6-20-9-10)18-13-4-2-1-3-11(12)13/h1-4,7,10H,5-6,8-9H2,(H2,16,19)(H,17,18). The van der Waals surface area contributed by atoms with E-state index in [0.717, 1.165) is 34.7 Å². The van der Waals surface area contributed by atoms with Gasteiger partial charge in [-0.2, -0.15) is 11.8 Å². The van der Waals surface area contributed by atoms with Crippen LogP contribution < -0.4 is 11.1 Å². The van der Waals surface area contributed by atoms with Crippen molar-refractivity contribution in [2.75, 3.05) is 23.4 Å². The maximum atomic E-state index is 5.84. The molecule has 20 heavy (non-hydrogen) atoms. The van der Waals surface area contributed by atoms with Gasteiger partial charge in [-0.1, -0.05) is 30.4 Å². The SMILES string of the molecule is NC(=S)c1cc(NCC2CCSC2)nc2ccccc12. The van der Waals surface area contributed by atoms with Gasteiger partial charge < -0.3 is 11.1 Å². The molecule has 1 saturated heterocycles. The molecular weight excluding hydrogens is 286 g/mol. The van der Waals surface area contributed by atoms with E-state index in [0.29, 0.717) is 4.99 Å². The number of para-hydroxylation sites is 1. The van der Waals surface area contributed by atoms with Crippen molar-refractivity contribution in [3.8, 4) is 0 Å². The van der Waals surface area contributed by atoms with Crippen molar-refractivity contribution in [2.24, 2.45) is 11.7 Å². The molecule has 2 aromatic rings. The summed E-state index contributed by atoms with van der Waals surface area (Å²) in [5, 5.41) is 4.45. The zero-order valence-electron chi connectivity index (χ0n) is 11.1. The van der Waals surface area contributed by atoms with Crippen LogP contribution in [0.4, 0.5) is 5.82 Å².